The zero-order chi connectivity index (χ0) is 17.1. The third-order valence-corrected chi connectivity index (χ3v) is 5.54. The molecule has 0 spiro atoms. The van der Waals surface area contributed by atoms with Crippen molar-refractivity contribution in [2.75, 3.05) is 0 Å². The highest BCUT2D eigenvalue weighted by Crippen LogP contribution is 2.35. The van der Waals surface area contributed by atoms with Gasteiger partial charge in [0.15, 0.2) is 0 Å². The fourth-order valence-electron chi connectivity index (χ4n) is 4.28. The summed E-state index contributed by atoms with van der Waals surface area (Å²) in [5.41, 5.74) is 7.04. The normalized spacial score (nSPS) is 13.1. The van der Waals surface area contributed by atoms with Crippen LogP contribution in [0.25, 0.3) is 32.6 Å². The highest BCUT2D eigenvalue weighted by atomic mass is 14.8. The van der Waals surface area contributed by atoms with E-state index in [4.69, 9.17) is 9.97 Å². The zero-order valence-corrected chi connectivity index (χ0v) is 14.2. The Balaban J connectivity index is 1.75. The van der Waals surface area contributed by atoms with Gasteiger partial charge >= 0.3 is 0 Å². The first-order valence-corrected chi connectivity index (χ1v) is 9.04. The maximum Gasteiger partial charge on any atom is 0.0975 e. The Labute approximate surface area is 151 Å². The molecule has 0 N–H and O–H groups in total. The minimum absolute atomic E-state index is 0.871. The summed E-state index contributed by atoms with van der Waals surface area (Å²) in [7, 11) is 0. The van der Waals surface area contributed by atoms with E-state index in [0.29, 0.717) is 0 Å². The summed E-state index contributed by atoms with van der Waals surface area (Å²) < 4.78 is 0. The third-order valence-electron chi connectivity index (χ3n) is 5.54. The van der Waals surface area contributed by atoms with E-state index in [0.717, 1.165) is 35.3 Å². The lowest BCUT2D eigenvalue weighted by atomic mass is 9.91. The topological polar surface area (TPSA) is 25.8 Å². The zero-order valence-electron chi connectivity index (χ0n) is 14.2. The lowest BCUT2D eigenvalue weighted by Gasteiger charge is -2.19. The van der Waals surface area contributed by atoms with E-state index >= 15 is 0 Å². The van der Waals surface area contributed by atoms with Gasteiger partial charge in [0.05, 0.1) is 22.4 Å². The Morgan fingerprint density at radius 2 is 0.846 bits per heavy atom. The molecule has 2 heteroatoms. The van der Waals surface area contributed by atoms with Crippen LogP contribution in [0.4, 0.5) is 0 Å². The van der Waals surface area contributed by atoms with E-state index in [1.54, 1.807) is 0 Å². The second-order valence-corrected chi connectivity index (χ2v) is 7.03. The molecule has 0 amide bonds. The van der Waals surface area contributed by atoms with Gasteiger partial charge in [-0.15, -0.1) is 0 Å². The second kappa shape index (κ2) is 5.12. The number of hydrogen-bond donors (Lipinski definition) is 0. The fraction of sp³-hybridized carbons (Fsp3) is 0.0833. The average Bonchev–Trinajstić information content (AvgIpc) is 2.71. The van der Waals surface area contributed by atoms with Gasteiger partial charge < -0.3 is 0 Å². The van der Waals surface area contributed by atoms with Crippen LogP contribution in [-0.2, 0) is 12.8 Å². The Kier molecular flexibility index (Phi) is 2.75. The largest absolute Gasteiger partial charge is 0.248 e. The van der Waals surface area contributed by atoms with Crippen molar-refractivity contribution in [1.82, 2.24) is 9.97 Å². The lowest BCUT2D eigenvalue weighted by molar-refractivity contribution is 0.911. The maximum absolute atomic E-state index is 5.13. The molecular formula is C24H16N2. The van der Waals surface area contributed by atoms with Crippen LogP contribution in [0.3, 0.4) is 0 Å². The smallest absolute Gasteiger partial charge is 0.0975 e. The predicted molar refractivity (Wildman–Crippen MR) is 107 cm³/mol. The van der Waals surface area contributed by atoms with Crippen molar-refractivity contribution in [3.63, 3.8) is 0 Å². The molecule has 6 rings (SSSR count). The molecular weight excluding hydrogens is 316 g/mol. The van der Waals surface area contributed by atoms with Gasteiger partial charge in [-0.25, -0.2) is 9.97 Å². The summed E-state index contributed by atoms with van der Waals surface area (Å²) in [6, 6.07) is 25.7. The molecule has 1 aliphatic rings. The molecule has 0 saturated heterocycles. The van der Waals surface area contributed by atoms with Gasteiger partial charge in [-0.3, -0.25) is 0 Å². The second-order valence-electron chi connectivity index (χ2n) is 7.03. The first-order valence-electron chi connectivity index (χ1n) is 9.04. The molecule has 0 saturated carbocycles. The first-order chi connectivity index (χ1) is 12.9. The summed E-state index contributed by atoms with van der Waals surface area (Å²) in [6.07, 6.45) is 1.74. The predicted octanol–water partition coefficient (Wildman–Crippen LogP) is 5.43. The van der Waals surface area contributed by atoms with Gasteiger partial charge in [0.2, 0.25) is 0 Å². The minimum Gasteiger partial charge on any atom is -0.248 e. The van der Waals surface area contributed by atoms with Crippen LogP contribution in [0.15, 0.2) is 72.8 Å². The molecule has 26 heavy (non-hydrogen) atoms. The molecule has 0 fully saturated rings. The SMILES string of the molecule is c1ccc2c(c1)Cc1nc3c4ccccc4c4ccccc4c3nc1C2. The van der Waals surface area contributed by atoms with Gasteiger partial charge in [-0.05, 0) is 21.9 Å². The molecule has 4 aromatic carbocycles. The fourth-order valence-corrected chi connectivity index (χ4v) is 4.28. The summed E-state index contributed by atoms with van der Waals surface area (Å²) in [5.74, 6) is 0. The number of fused-ring (bicyclic) bond motifs is 8. The van der Waals surface area contributed by atoms with Crippen LogP contribution in [0.5, 0.6) is 0 Å². The molecule has 0 aliphatic heterocycles. The Hall–Kier alpha value is -3.26. The van der Waals surface area contributed by atoms with Crippen LogP contribution >= 0.6 is 0 Å². The number of rotatable bonds is 0. The van der Waals surface area contributed by atoms with Gasteiger partial charge in [0, 0.05) is 23.6 Å². The number of nitrogens with zero attached hydrogens (tertiary/aromatic N) is 2. The van der Waals surface area contributed by atoms with Crippen molar-refractivity contribution >= 4 is 32.6 Å². The van der Waals surface area contributed by atoms with Crippen molar-refractivity contribution in [1.29, 1.82) is 0 Å². The van der Waals surface area contributed by atoms with Crippen molar-refractivity contribution in [2.24, 2.45) is 0 Å². The highest BCUT2D eigenvalue weighted by molar-refractivity contribution is 6.22. The van der Waals surface area contributed by atoms with Gasteiger partial charge in [0.1, 0.15) is 0 Å². The molecule has 2 nitrogen and oxygen atoms in total. The third kappa shape index (κ3) is 1.87. The molecule has 122 valence electrons. The van der Waals surface area contributed by atoms with Crippen molar-refractivity contribution in [3.05, 3.63) is 95.3 Å². The van der Waals surface area contributed by atoms with Crippen LogP contribution < -0.4 is 0 Å². The van der Waals surface area contributed by atoms with Crippen molar-refractivity contribution < 1.29 is 0 Å². The molecule has 0 unspecified atom stereocenters. The Morgan fingerprint density at radius 1 is 0.462 bits per heavy atom. The summed E-state index contributed by atoms with van der Waals surface area (Å²) >= 11 is 0. The number of hydrogen-bond acceptors (Lipinski definition) is 2. The molecule has 5 aromatic rings. The van der Waals surface area contributed by atoms with E-state index in [2.05, 4.69) is 72.8 Å². The van der Waals surface area contributed by atoms with Gasteiger partial charge in [0.25, 0.3) is 0 Å². The monoisotopic (exact) mass is 332 g/mol. The summed E-state index contributed by atoms with van der Waals surface area (Å²) in [4.78, 5) is 10.3. The van der Waals surface area contributed by atoms with Gasteiger partial charge in [-0.2, -0.15) is 0 Å². The van der Waals surface area contributed by atoms with E-state index in [1.807, 2.05) is 0 Å². The Morgan fingerprint density at radius 3 is 1.31 bits per heavy atom. The lowest BCUT2D eigenvalue weighted by Crippen LogP contribution is -2.11. The Bertz CT molecular complexity index is 1230. The van der Waals surface area contributed by atoms with Crippen LogP contribution in [-0.4, -0.2) is 9.97 Å². The molecule has 1 aliphatic carbocycles. The maximum atomic E-state index is 5.13. The standard InChI is InChI=1S/C24H16N2/c1-2-8-16-14-22-21(13-15(16)7-1)25-23-19-11-5-3-9-17(19)18-10-4-6-12-20(18)24(23)26-22/h1-12H,13-14H2. The van der Waals surface area contributed by atoms with Gasteiger partial charge in [-0.1, -0.05) is 72.8 Å². The van der Waals surface area contributed by atoms with E-state index < -0.39 is 0 Å². The van der Waals surface area contributed by atoms with Crippen molar-refractivity contribution in [3.8, 4) is 0 Å². The minimum atomic E-state index is 0.871. The van der Waals surface area contributed by atoms with Crippen LogP contribution in [0, 0.1) is 0 Å². The van der Waals surface area contributed by atoms with Crippen LogP contribution in [0.1, 0.15) is 22.5 Å². The number of benzene rings is 4. The summed E-state index contributed by atoms with van der Waals surface area (Å²) in [5, 5.41) is 4.88. The average molecular weight is 332 g/mol. The number of aromatic nitrogens is 2. The first kappa shape index (κ1) is 14.0. The molecule has 0 atom stereocenters. The summed E-state index contributed by atoms with van der Waals surface area (Å²) in [6.45, 7) is 0. The molecule has 1 heterocycles. The highest BCUT2D eigenvalue weighted by Gasteiger charge is 2.20. The van der Waals surface area contributed by atoms with E-state index in [9.17, 15) is 0 Å². The van der Waals surface area contributed by atoms with E-state index in [1.165, 1.54) is 32.7 Å². The molecule has 0 bridgehead atoms. The molecule has 0 radical (unpaired) electrons. The van der Waals surface area contributed by atoms with E-state index in [-0.39, 0.29) is 0 Å². The van der Waals surface area contributed by atoms with Crippen molar-refractivity contribution in [2.45, 2.75) is 12.8 Å². The van der Waals surface area contributed by atoms with Crippen LogP contribution in [0.2, 0.25) is 0 Å². The quantitative estimate of drug-likeness (QED) is 0.347. The molecule has 1 aromatic heterocycles.